The second kappa shape index (κ2) is 5.01. The summed E-state index contributed by atoms with van der Waals surface area (Å²) in [6.45, 7) is 5.92. The van der Waals surface area contributed by atoms with E-state index in [1.165, 1.54) is 0 Å². The molecule has 3 aromatic heterocycles. The summed E-state index contributed by atoms with van der Waals surface area (Å²) in [5.74, 6) is 1.34. The van der Waals surface area contributed by atoms with Gasteiger partial charge >= 0.3 is 0 Å². The van der Waals surface area contributed by atoms with Crippen LogP contribution in [0.25, 0.3) is 5.65 Å². The highest BCUT2D eigenvalue weighted by Gasteiger charge is 2.12. The van der Waals surface area contributed by atoms with Crippen LogP contribution >= 0.6 is 0 Å². The average Bonchev–Trinajstić information content (AvgIpc) is 3.00. The number of carbonyl (C=O) groups is 1. The molecule has 7 nitrogen and oxygen atoms in total. The zero-order valence-electron chi connectivity index (χ0n) is 12.0. The lowest BCUT2D eigenvalue weighted by Crippen LogP contribution is -2.23. The Morgan fingerprint density at radius 3 is 2.86 bits per heavy atom. The maximum absolute atomic E-state index is 12.2. The Morgan fingerprint density at radius 2 is 2.14 bits per heavy atom. The molecule has 0 fully saturated rings. The number of aryl methyl sites for hydroxylation is 3. The first kappa shape index (κ1) is 13.3. The van der Waals surface area contributed by atoms with Crippen LogP contribution in [0.15, 0.2) is 22.9 Å². The first-order valence-electron chi connectivity index (χ1n) is 6.57. The molecule has 21 heavy (non-hydrogen) atoms. The van der Waals surface area contributed by atoms with Crippen molar-refractivity contribution in [2.75, 3.05) is 0 Å². The molecular weight excluding hydrogens is 270 g/mol. The minimum Gasteiger partial charge on any atom is -0.361 e. The second-order valence-electron chi connectivity index (χ2n) is 4.88. The number of fused-ring (bicyclic) bond motifs is 1. The minimum absolute atomic E-state index is 0.168. The van der Waals surface area contributed by atoms with Crippen LogP contribution in [-0.2, 0) is 6.54 Å². The van der Waals surface area contributed by atoms with Gasteiger partial charge in [0.1, 0.15) is 11.6 Å². The molecule has 0 bridgehead atoms. The molecule has 0 aliphatic carbocycles. The summed E-state index contributed by atoms with van der Waals surface area (Å²) in [5.41, 5.74) is 2.89. The number of hydrogen-bond acceptors (Lipinski definition) is 5. The molecule has 1 N–H and O–H groups in total. The summed E-state index contributed by atoms with van der Waals surface area (Å²) >= 11 is 0. The largest absolute Gasteiger partial charge is 0.361 e. The lowest BCUT2D eigenvalue weighted by Gasteiger charge is -2.05. The van der Waals surface area contributed by atoms with E-state index < -0.39 is 0 Å². The smallest absolute Gasteiger partial charge is 0.251 e. The van der Waals surface area contributed by atoms with Gasteiger partial charge in [-0.3, -0.25) is 9.20 Å². The summed E-state index contributed by atoms with van der Waals surface area (Å²) in [7, 11) is 0. The Bertz CT molecular complexity index is 798. The Hall–Kier alpha value is -2.70. The van der Waals surface area contributed by atoms with Crippen LogP contribution in [0.3, 0.4) is 0 Å². The lowest BCUT2D eigenvalue weighted by atomic mass is 10.2. The molecule has 0 saturated carbocycles. The van der Waals surface area contributed by atoms with E-state index >= 15 is 0 Å². The predicted octanol–water partition coefficient (Wildman–Crippen LogP) is 1.57. The van der Waals surface area contributed by atoms with E-state index in [9.17, 15) is 4.79 Å². The van der Waals surface area contributed by atoms with Gasteiger partial charge in [-0.25, -0.2) is 0 Å². The van der Waals surface area contributed by atoms with Crippen molar-refractivity contribution in [3.8, 4) is 0 Å². The van der Waals surface area contributed by atoms with E-state index in [0.29, 0.717) is 17.8 Å². The quantitative estimate of drug-likeness (QED) is 0.789. The van der Waals surface area contributed by atoms with E-state index in [2.05, 4.69) is 20.7 Å². The number of nitrogens with one attached hydrogen (secondary N) is 1. The topological polar surface area (TPSA) is 85.3 Å². The van der Waals surface area contributed by atoms with E-state index in [1.54, 1.807) is 18.3 Å². The highest BCUT2D eigenvalue weighted by Crippen LogP contribution is 2.12. The molecule has 3 rings (SSSR count). The van der Waals surface area contributed by atoms with Crippen LogP contribution in [-0.4, -0.2) is 25.7 Å². The molecule has 0 radical (unpaired) electrons. The van der Waals surface area contributed by atoms with Crippen LogP contribution in [0.4, 0.5) is 0 Å². The van der Waals surface area contributed by atoms with E-state index in [-0.39, 0.29) is 5.91 Å². The highest BCUT2D eigenvalue weighted by molar-refractivity contribution is 5.94. The molecule has 0 spiro atoms. The van der Waals surface area contributed by atoms with E-state index in [4.69, 9.17) is 4.52 Å². The van der Waals surface area contributed by atoms with Crippen molar-refractivity contribution >= 4 is 11.6 Å². The van der Waals surface area contributed by atoms with E-state index in [0.717, 1.165) is 22.8 Å². The molecule has 3 aromatic rings. The monoisotopic (exact) mass is 285 g/mol. The summed E-state index contributed by atoms with van der Waals surface area (Å²) in [6.07, 6.45) is 1.79. The van der Waals surface area contributed by atoms with Gasteiger partial charge in [-0.1, -0.05) is 5.16 Å². The Balaban J connectivity index is 1.78. The van der Waals surface area contributed by atoms with Crippen molar-refractivity contribution in [1.82, 2.24) is 25.1 Å². The van der Waals surface area contributed by atoms with Crippen molar-refractivity contribution in [3.63, 3.8) is 0 Å². The van der Waals surface area contributed by atoms with Crippen molar-refractivity contribution < 1.29 is 9.32 Å². The molecule has 7 heteroatoms. The number of pyridine rings is 1. The number of carbonyl (C=O) groups excluding carboxylic acids is 1. The molecule has 0 saturated heterocycles. The fraction of sp³-hybridized carbons (Fsp3) is 0.286. The van der Waals surface area contributed by atoms with Crippen molar-refractivity contribution in [1.29, 1.82) is 0 Å². The SMILES string of the molecule is Cc1noc(C)c1CNC(=O)c1ccn2c(C)nnc2c1. The van der Waals surface area contributed by atoms with Gasteiger partial charge in [-0.05, 0) is 32.9 Å². The summed E-state index contributed by atoms with van der Waals surface area (Å²) in [5, 5.41) is 14.7. The summed E-state index contributed by atoms with van der Waals surface area (Å²) in [4.78, 5) is 12.2. The Kier molecular flexibility index (Phi) is 3.17. The third kappa shape index (κ3) is 2.37. The van der Waals surface area contributed by atoms with Gasteiger partial charge in [0, 0.05) is 23.9 Å². The normalized spacial score (nSPS) is 11.0. The zero-order valence-corrected chi connectivity index (χ0v) is 12.0. The van der Waals surface area contributed by atoms with E-state index in [1.807, 2.05) is 25.2 Å². The van der Waals surface area contributed by atoms with Crippen molar-refractivity contribution in [3.05, 3.63) is 46.7 Å². The van der Waals surface area contributed by atoms with Gasteiger partial charge in [0.15, 0.2) is 5.65 Å². The van der Waals surface area contributed by atoms with Gasteiger partial charge in [0.2, 0.25) is 0 Å². The van der Waals surface area contributed by atoms with Crippen LogP contribution < -0.4 is 5.32 Å². The Morgan fingerprint density at radius 1 is 1.33 bits per heavy atom. The van der Waals surface area contributed by atoms with Gasteiger partial charge in [-0.2, -0.15) is 0 Å². The molecule has 1 amide bonds. The Labute approximate surface area is 121 Å². The summed E-state index contributed by atoms with van der Waals surface area (Å²) in [6, 6.07) is 3.45. The van der Waals surface area contributed by atoms with Gasteiger partial charge < -0.3 is 9.84 Å². The lowest BCUT2D eigenvalue weighted by molar-refractivity contribution is 0.0951. The molecule has 108 valence electrons. The number of nitrogens with zero attached hydrogens (tertiary/aromatic N) is 4. The number of hydrogen-bond donors (Lipinski definition) is 1. The molecule has 0 unspecified atom stereocenters. The fourth-order valence-corrected chi connectivity index (χ4v) is 2.18. The average molecular weight is 285 g/mol. The highest BCUT2D eigenvalue weighted by atomic mass is 16.5. The number of rotatable bonds is 3. The minimum atomic E-state index is -0.168. The van der Waals surface area contributed by atoms with Crippen molar-refractivity contribution in [2.45, 2.75) is 27.3 Å². The molecular formula is C14H15N5O2. The molecule has 3 heterocycles. The van der Waals surface area contributed by atoms with Crippen LogP contribution in [0, 0.1) is 20.8 Å². The third-order valence-electron chi connectivity index (χ3n) is 3.45. The van der Waals surface area contributed by atoms with Crippen LogP contribution in [0.2, 0.25) is 0 Å². The fourth-order valence-electron chi connectivity index (χ4n) is 2.18. The molecule has 0 aromatic carbocycles. The van der Waals surface area contributed by atoms with Gasteiger partial charge in [-0.15, -0.1) is 10.2 Å². The number of aromatic nitrogens is 4. The van der Waals surface area contributed by atoms with Crippen LogP contribution in [0.5, 0.6) is 0 Å². The number of amides is 1. The predicted molar refractivity (Wildman–Crippen MR) is 74.9 cm³/mol. The second-order valence-corrected chi connectivity index (χ2v) is 4.88. The van der Waals surface area contributed by atoms with Gasteiger partial charge in [0.05, 0.1) is 5.69 Å². The van der Waals surface area contributed by atoms with Gasteiger partial charge in [0.25, 0.3) is 5.91 Å². The van der Waals surface area contributed by atoms with Crippen LogP contribution in [0.1, 0.15) is 33.2 Å². The third-order valence-corrected chi connectivity index (χ3v) is 3.45. The zero-order chi connectivity index (χ0) is 15.0. The molecule has 0 atom stereocenters. The first-order valence-corrected chi connectivity index (χ1v) is 6.57. The maximum Gasteiger partial charge on any atom is 0.251 e. The van der Waals surface area contributed by atoms with Crippen molar-refractivity contribution in [2.24, 2.45) is 0 Å². The maximum atomic E-state index is 12.2. The standard InChI is InChI=1S/C14H15N5O2/c1-8-12(9(2)21-18-8)7-15-14(20)11-4-5-19-10(3)16-17-13(19)6-11/h4-6H,7H2,1-3H3,(H,15,20). The molecule has 0 aliphatic rings. The summed E-state index contributed by atoms with van der Waals surface area (Å²) < 4.78 is 6.90. The first-order chi connectivity index (χ1) is 10.1. The molecule has 0 aliphatic heterocycles.